The van der Waals surface area contributed by atoms with Crippen LogP contribution in [-0.2, 0) is 5.41 Å². The Kier molecular flexibility index (Phi) is 9.50. The van der Waals surface area contributed by atoms with Crippen LogP contribution in [0, 0.1) is 5.92 Å². The molecule has 2 atom stereocenters. The van der Waals surface area contributed by atoms with Crippen LogP contribution in [0.4, 0.5) is 17.1 Å². The van der Waals surface area contributed by atoms with E-state index in [2.05, 4.69) is 223 Å². The highest BCUT2D eigenvalue weighted by molar-refractivity contribution is 5.91. The van der Waals surface area contributed by atoms with Gasteiger partial charge in [-0.25, -0.2) is 15.0 Å². The van der Waals surface area contributed by atoms with E-state index >= 15 is 0 Å². The fourth-order valence-corrected chi connectivity index (χ4v) is 11.3. The number of allylic oxidation sites excluding steroid dienone is 4. The van der Waals surface area contributed by atoms with Crippen LogP contribution in [0.3, 0.4) is 0 Å². The Morgan fingerprint density at radius 3 is 1.43 bits per heavy atom. The Balaban J connectivity index is 1.02. The van der Waals surface area contributed by atoms with E-state index in [0.29, 0.717) is 17.5 Å². The summed E-state index contributed by atoms with van der Waals surface area (Å²) in [5.74, 6) is 1.98. The smallest absolute Gasteiger partial charge is 0.164 e. The summed E-state index contributed by atoms with van der Waals surface area (Å²) in [6, 6.07) is 84.8. The SMILES string of the molecule is C1=CC2C(C=C1c1ccc(-c3cccc(-c4ccccc4)c3)cc1)c1c(-c3nc(-c4ccccc4)nc(-c4ccccc4)n3)cccc1C21c2ccccc2N(c2ccccc2)c2ccccc21. The summed E-state index contributed by atoms with van der Waals surface area (Å²) in [6.45, 7) is 0. The first kappa shape index (κ1) is 39.6. The van der Waals surface area contributed by atoms with Crippen LogP contribution in [0.2, 0.25) is 0 Å². The van der Waals surface area contributed by atoms with Crippen molar-refractivity contribution >= 4 is 22.6 Å². The summed E-state index contributed by atoms with van der Waals surface area (Å²) in [4.78, 5) is 18.3. The van der Waals surface area contributed by atoms with Crippen molar-refractivity contribution in [3.63, 3.8) is 0 Å². The van der Waals surface area contributed by atoms with Crippen LogP contribution >= 0.6 is 0 Å². The molecule has 0 N–H and O–H groups in total. The second kappa shape index (κ2) is 16.3. The van der Waals surface area contributed by atoms with E-state index in [1.165, 1.54) is 67.0 Å². The summed E-state index contributed by atoms with van der Waals surface area (Å²) in [7, 11) is 0. The molecule has 0 saturated heterocycles. The molecule has 4 heteroatoms. The maximum absolute atomic E-state index is 5.36. The van der Waals surface area contributed by atoms with Gasteiger partial charge in [-0.05, 0) is 86.0 Å². The van der Waals surface area contributed by atoms with Crippen molar-refractivity contribution in [1.29, 1.82) is 0 Å². The Morgan fingerprint density at radius 2 is 0.824 bits per heavy atom. The minimum Gasteiger partial charge on any atom is -0.310 e. The number of hydrogen-bond donors (Lipinski definition) is 0. The third-order valence-electron chi connectivity index (χ3n) is 14.2. The molecular weight excluding hydrogens is 825 g/mol. The van der Waals surface area contributed by atoms with Crippen LogP contribution in [0.15, 0.2) is 255 Å². The van der Waals surface area contributed by atoms with E-state index in [1.807, 2.05) is 36.4 Å². The first-order chi connectivity index (χ1) is 33.7. The Hall–Kier alpha value is -8.73. The summed E-state index contributed by atoms with van der Waals surface area (Å²) >= 11 is 0. The second-order valence-electron chi connectivity index (χ2n) is 17.9. The first-order valence-corrected chi connectivity index (χ1v) is 23.4. The average Bonchev–Trinajstić information content (AvgIpc) is 3.72. The Bertz CT molecular complexity index is 3460. The van der Waals surface area contributed by atoms with Gasteiger partial charge >= 0.3 is 0 Å². The molecule has 0 bridgehead atoms. The van der Waals surface area contributed by atoms with E-state index in [1.54, 1.807) is 0 Å². The van der Waals surface area contributed by atoms with Crippen molar-refractivity contribution in [2.75, 3.05) is 4.90 Å². The van der Waals surface area contributed by atoms with Crippen molar-refractivity contribution in [3.8, 4) is 56.4 Å². The quantitative estimate of drug-likeness (QED) is 0.160. The number of hydrogen-bond acceptors (Lipinski definition) is 4. The third kappa shape index (κ3) is 6.40. The van der Waals surface area contributed by atoms with Gasteiger partial charge in [-0.15, -0.1) is 0 Å². The molecule has 68 heavy (non-hydrogen) atoms. The summed E-state index contributed by atoms with van der Waals surface area (Å²) in [5, 5.41) is 0. The zero-order valence-corrected chi connectivity index (χ0v) is 37.2. The van der Waals surface area contributed by atoms with Gasteiger partial charge in [0, 0.05) is 34.2 Å². The lowest BCUT2D eigenvalue weighted by Gasteiger charge is -2.47. The van der Waals surface area contributed by atoms with E-state index in [0.717, 1.165) is 22.4 Å². The molecule has 10 aromatic rings. The van der Waals surface area contributed by atoms with E-state index in [9.17, 15) is 0 Å². The highest BCUT2D eigenvalue weighted by Crippen LogP contribution is 2.67. The fourth-order valence-electron chi connectivity index (χ4n) is 11.3. The predicted molar refractivity (Wildman–Crippen MR) is 278 cm³/mol. The lowest BCUT2D eigenvalue weighted by atomic mass is 9.60. The molecule has 1 spiro atoms. The molecule has 4 nitrogen and oxygen atoms in total. The van der Waals surface area contributed by atoms with Crippen molar-refractivity contribution < 1.29 is 0 Å². The maximum Gasteiger partial charge on any atom is 0.164 e. The number of anilines is 3. The monoisotopic (exact) mass is 868 g/mol. The van der Waals surface area contributed by atoms with Gasteiger partial charge in [0.2, 0.25) is 0 Å². The molecule has 2 unspecified atom stereocenters. The van der Waals surface area contributed by atoms with Gasteiger partial charge in [0.15, 0.2) is 17.5 Å². The summed E-state index contributed by atoms with van der Waals surface area (Å²) < 4.78 is 0. The highest BCUT2D eigenvalue weighted by atomic mass is 15.2. The van der Waals surface area contributed by atoms with E-state index < -0.39 is 5.41 Å². The van der Waals surface area contributed by atoms with Gasteiger partial charge < -0.3 is 4.90 Å². The number of para-hydroxylation sites is 3. The predicted octanol–water partition coefficient (Wildman–Crippen LogP) is 15.7. The van der Waals surface area contributed by atoms with Crippen molar-refractivity contribution in [3.05, 3.63) is 283 Å². The molecule has 13 rings (SSSR count). The molecule has 0 saturated carbocycles. The van der Waals surface area contributed by atoms with Gasteiger partial charge in [0.05, 0.1) is 16.8 Å². The largest absolute Gasteiger partial charge is 0.310 e. The third-order valence-corrected chi connectivity index (χ3v) is 14.2. The number of aromatic nitrogens is 3. The molecule has 2 aliphatic carbocycles. The highest BCUT2D eigenvalue weighted by Gasteiger charge is 2.58. The van der Waals surface area contributed by atoms with Crippen LogP contribution in [0.25, 0.3) is 62.0 Å². The van der Waals surface area contributed by atoms with E-state index in [4.69, 9.17) is 15.0 Å². The van der Waals surface area contributed by atoms with Crippen LogP contribution in [0.5, 0.6) is 0 Å². The second-order valence-corrected chi connectivity index (χ2v) is 17.9. The molecule has 1 aromatic heterocycles. The maximum atomic E-state index is 5.36. The molecule has 320 valence electrons. The zero-order valence-electron chi connectivity index (χ0n) is 37.2. The summed E-state index contributed by atoms with van der Waals surface area (Å²) in [5.41, 5.74) is 18.1. The number of fused-ring (bicyclic) bond motifs is 9. The van der Waals surface area contributed by atoms with Gasteiger partial charge in [0.25, 0.3) is 0 Å². The molecule has 0 radical (unpaired) electrons. The Labute approximate surface area is 397 Å². The van der Waals surface area contributed by atoms with Crippen molar-refractivity contribution in [1.82, 2.24) is 15.0 Å². The molecular formula is C64H44N4. The molecule has 1 aliphatic heterocycles. The van der Waals surface area contributed by atoms with Gasteiger partial charge in [-0.2, -0.15) is 0 Å². The summed E-state index contributed by atoms with van der Waals surface area (Å²) in [6.07, 6.45) is 7.40. The fraction of sp³-hybridized carbons (Fsp3) is 0.0469. The van der Waals surface area contributed by atoms with E-state index in [-0.39, 0.29) is 11.8 Å². The number of rotatable bonds is 7. The molecule has 0 amide bonds. The molecule has 3 aliphatic rings. The van der Waals surface area contributed by atoms with Gasteiger partial charge in [-0.1, -0.05) is 224 Å². The number of nitrogens with zero attached hydrogens (tertiary/aromatic N) is 4. The van der Waals surface area contributed by atoms with Gasteiger partial charge in [-0.3, -0.25) is 0 Å². The standard InChI is InChI=1S/C64H44N4/c1-5-19-43(20-6-1)48-25-17-26-49(41-48)44-35-37-45(38-36-44)50-39-40-54-53(42-50)60-52(63-66-61(46-21-7-2-8-22-46)65-62(67-63)47-23-9-3-10-24-47)29-18-32-57(60)64(54)55-30-13-15-33-58(55)68(51-27-11-4-12-28-51)59-34-16-14-31-56(59)64/h1-42,53-54H. The molecule has 2 heterocycles. The lowest BCUT2D eigenvalue weighted by molar-refractivity contribution is 0.455. The zero-order chi connectivity index (χ0) is 45.0. The van der Waals surface area contributed by atoms with Crippen LogP contribution in [0.1, 0.15) is 33.7 Å². The van der Waals surface area contributed by atoms with Crippen molar-refractivity contribution in [2.24, 2.45) is 5.92 Å². The van der Waals surface area contributed by atoms with Gasteiger partial charge in [0.1, 0.15) is 0 Å². The average molecular weight is 869 g/mol. The minimum atomic E-state index is -0.543. The Morgan fingerprint density at radius 1 is 0.368 bits per heavy atom. The minimum absolute atomic E-state index is 0.0232. The lowest BCUT2D eigenvalue weighted by Crippen LogP contribution is -2.40. The number of benzene rings is 9. The molecule has 0 fully saturated rings. The van der Waals surface area contributed by atoms with Crippen LogP contribution < -0.4 is 4.90 Å². The van der Waals surface area contributed by atoms with Crippen molar-refractivity contribution in [2.45, 2.75) is 11.3 Å². The first-order valence-electron chi connectivity index (χ1n) is 23.4. The normalized spacial score (nSPS) is 16.1. The molecule has 9 aromatic carbocycles. The topological polar surface area (TPSA) is 41.9 Å². The van der Waals surface area contributed by atoms with Crippen LogP contribution in [-0.4, -0.2) is 15.0 Å².